The van der Waals surface area contributed by atoms with Crippen molar-refractivity contribution < 1.29 is 14.4 Å². The fourth-order valence-corrected chi connectivity index (χ4v) is 3.04. The number of nitrogens with one attached hydrogen (secondary N) is 1. The molecule has 0 radical (unpaired) electrons. The van der Waals surface area contributed by atoms with Crippen molar-refractivity contribution in [2.24, 2.45) is 0 Å². The molecular formula is C19H21NO3. The summed E-state index contributed by atoms with van der Waals surface area (Å²) in [5.41, 5.74) is 3.86. The summed E-state index contributed by atoms with van der Waals surface area (Å²) in [5, 5.41) is 0. The lowest BCUT2D eigenvalue weighted by Gasteiger charge is -2.32. The summed E-state index contributed by atoms with van der Waals surface area (Å²) >= 11 is 0. The molecule has 1 aliphatic heterocycles. The van der Waals surface area contributed by atoms with E-state index in [1.807, 2.05) is 67.6 Å². The molecule has 0 aromatic heterocycles. The van der Waals surface area contributed by atoms with Gasteiger partial charge in [0.15, 0.2) is 5.54 Å². The maximum absolute atomic E-state index is 12.9. The maximum atomic E-state index is 12.9. The van der Waals surface area contributed by atoms with Gasteiger partial charge in [0.1, 0.15) is 0 Å². The molecule has 23 heavy (non-hydrogen) atoms. The Hall–Kier alpha value is -2.17. The molecule has 0 spiro atoms. The first-order valence-corrected chi connectivity index (χ1v) is 7.95. The van der Waals surface area contributed by atoms with Gasteiger partial charge in [-0.25, -0.2) is 4.79 Å². The van der Waals surface area contributed by atoms with Gasteiger partial charge in [-0.2, -0.15) is 5.48 Å². The fourth-order valence-electron chi connectivity index (χ4n) is 3.04. The molecule has 0 aliphatic carbocycles. The molecule has 3 rings (SSSR count). The van der Waals surface area contributed by atoms with Crippen LogP contribution in [0, 0.1) is 0 Å². The van der Waals surface area contributed by atoms with E-state index in [0.717, 1.165) is 17.5 Å². The smallest absolute Gasteiger partial charge is 0.333 e. The van der Waals surface area contributed by atoms with Crippen LogP contribution in [0.5, 0.6) is 0 Å². The molecule has 1 N–H and O–H groups in total. The molecule has 0 amide bonds. The number of esters is 1. The molecule has 1 saturated heterocycles. The molecule has 4 heteroatoms. The summed E-state index contributed by atoms with van der Waals surface area (Å²) in [6.45, 7) is 2.80. The Morgan fingerprint density at radius 3 is 2.48 bits per heavy atom. The van der Waals surface area contributed by atoms with E-state index >= 15 is 0 Å². The highest BCUT2D eigenvalue weighted by molar-refractivity contribution is 5.84. The van der Waals surface area contributed by atoms with E-state index in [2.05, 4.69) is 5.48 Å². The molecule has 120 valence electrons. The predicted octanol–water partition coefficient (Wildman–Crippen LogP) is 3.15. The van der Waals surface area contributed by atoms with E-state index in [1.165, 1.54) is 0 Å². The monoisotopic (exact) mass is 311 g/mol. The molecule has 2 aromatic carbocycles. The molecule has 2 unspecified atom stereocenters. The first-order chi connectivity index (χ1) is 11.3. The van der Waals surface area contributed by atoms with E-state index in [0.29, 0.717) is 13.2 Å². The third-order valence-electron chi connectivity index (χ3n) is 4.20. The standard InChI is InChI=1S/C19H21NO3/c1-2-13-22-18(21)19(16-11-7-4-8-12-16)17(14-23-20-19)15-9-5-3-6-10-15/h3-12,17,20H,2,13-14H2,1H3. The lowest BCUT2D eigenvalue weighted by Crippen LogP contribution is -2.49. The Balaban J connectivity index is 2.06. The average Bonchev–Trinajstić information content (AvgIpc) is 3.07. The van der Waals surface area contributed by atoms with Crippen LogP contribution in [-0.4, -0.2) is 19.2 Å². The van der Waals surface area contributed by atoms with Gasteiger partial charge in [-0.3, -0.25) is 4.84 Å². The van der Waals surface area contributed by atoms with E-state index < -0.39 is 5.54 Å². The van der Waals surface area contributed by atoms with Gasteiger partial charge < -0.3 is 4.74 Å². The highest BCUT2D eigenvalue weighted by atomic mass is 16.7. The molecule has 0 bridgehead atoms. The first-order valence-electron chi connectivity index (χ1n) is 7.95. The lowest BCUT2D eigenvalue weighted by atomic mass is 9.76. The summed E-state index contributed by atoms with van der Waals surface area (Å²) in [4.78, 5) is 18.5. The third kappa shape index (κ3) is 2.87. The van der Waals surface area contributed by atoms with Crippen LogP contribution in [0.2, 0.25) is 0 Å². The first kappa shape index (κ1) is 15.7. The molecule has 1 aliphatic rings. The number of hydroxylamine groups is 1. The van der Waals surface area contributed by atoms with Crippen molar-refractivity contribution in [2.45, 2.75) is 24.8 Å². The average molecular weight is 311 g/mol. The van der Waals surface area contributed by atoms with Crippen LogP contribution in [0.1, 0.15) is 30.4 Å². The zero-order valence-electron chi connectivity index (χ0n) is 13.2. The van der Waals surface area contributed by atoms with Crippen LogP contribution in [-0.2, 0) is 19.9 Å². The zero-order chi connectivity index (χ0) is 16.1. The number of carbonyl (C=O) groups excluding carboxylic acids is 1. The van der Waals surface area contributed by atoms with Gasteiger partial charge in [0.05, 0.1) is 13.2 Å². The highest BCUT2D eigenvalue weighted by Crippen LogP contribution is 2.42. The topological polar surface area (TPSA) is 47.6 Å². The number of benzene rings is 2. The maximum Gasteiger partial charge on any atom is 0.333 e. The van der Waals surface area contributed by atoms with Crippen molar-refractivity contribution in [1.82, 2.24) is 5.48 Å². The second-order valence-electron chi connectivity index (χ2n) is 5.69. The Bertz CT molecular complexity index is 644. The number of carbonyl (C=O) groups is 1. The minimum atomic E-state index is -1.02. The lowest BCUT2D eigenvalue weighted by molar-refractivity contribution is -0.155. The van der Waals surface area contributed by atoms with Crippen molar-refractivity contribution in [3.8, 4) is 0 Å². The minimum absolute atomic E-state index is 0.143. The molecule has 1 heterocycles. The predicted molar refractivity (Wildman–Crippen MR) is 87.6 cm³/mol. The molecule has 2 atom stereocenters. The van der Waals surface area contributed by atoms with Crippen molar-refractivity contribution in [2.75, 3.05) is 13.2 Å². The second kappa shape index (κ2) is 6.94. The molecule has 1 fully saturated rings. The van der Waals surface area contributed by atoms with Crippen molar-refractivity contribution in [3.05, 3.63) is 71.8 Å². The van der Waals surface area contributed by atoms with Gasteiger partial charge in [0.25, 0.3) is 0 Å². The van der Waals surface area contributed by atoms with Crippen molar-refractivity contribution in [3.63, 3.8) is 0 Å². The normalized spacial score (nSPS) is 23.6. The molecule has 2 aromatic rings. The number of hydrogen-bond donors (Lipinski definition) is 1. The van der Waals surface area contributed by atoms with E-state index in [1.54, 1.807) is 0 Å². The van der Waals surface area contributed by atoms with E-state index in [9.17, 15) is 4.79 Å². The van der Waals surface area contributed by atoms with Gasteiger partial charge in [0.2, 0.25) is 0 Å². The van der Waals surface area contributed by atoms with Gasteiger partial charge in [0, 0.05) is 5.92 Å². The van der Waals surface area contributed by atoms with Crippen LogP contribution < -0.4 is 5.48 Å². The molecule has 0 saturated carbocycles. The van der Waals surface area contributed by atoms with Gasteiger partial charge in [-0.1, -0.05) is 67.6 Å². The largest absolute Gasteiger partial charge is 0.464 e. The van der Waals surface area contributed by atoms with Gasteiger partial charge >= 0.3 is 5.97 Å². The zero-order valence-corrected chi connectivity index (χ0v) is 13.2. The Morgan fingerprint density at radius 2 is 1.83 bits per heavy atom. The van der Waals surface area contributed by atoms with E-state index in [-0.39, 0.29) is 11.9 Å². The minimum Gasteiger partial charge on any atom is -0.464 e. The summed E-state index contributed by atoms with van der Waals surface area (Å²) in [7, 11) is 0. The quantitative estimate of drug-likeness (QED) is 0.862. The molecular weight excluding hydrogens is 290 g/mol. The van der Waals surface area contributed by atoms with Crippen LogP contribution in [0.3, 0.4) is 0 Å². The van der Waals surface area contributed by atoms with Gasteiger partial charge in [-0.15, -0.1) is 0 Å². The Morgan fingerprint density at radius 1 is 1.17 bits per heavy atom. The van der Waals surface area contributed by atoms with Gasteiger partial charge in [-0.05, 0) is 17.5 Å². The third-order valence-corrected chi connectivity index (χ3v) is 4.20. The summed E-state index contributed by atoms with van der Waals surface area (Å²) in [5.74, 6) is -0.438. The van der Waals surface area contributed by atoms with Crippen molar-refractivity contribution >= 4 is 5.97 Å². The SMILES string of the molecule is CCCOC(=O)C1(c2ccccc2)NOCC1c1ccccc1. The summed E-state index contributed by atoms with van der Waals surface area (Å²) < 4.78 is 5.50. The van der Waals surface area contributed by atoms with Crippen LogP contribution in [0.25, 0.3) is 0 Å². The second-order valence-corrected chi connectivity index (χ2v) is 5.69. The Kier molecular flexibility index (Phi) is 4.74. The number of ether oxygens (including phenoxy) is 1. The van der Waals surface area contributed by atoms with E-state index in [4.69, 9.17) is 9.57 Å². The number of hydrogen-bond acceptors (Lipinski definition) is 4. The highest BCUT2D eigenvalue weighted by Gasteiger charge is 2.53. The summed E-state index contributed by atoms with van der Waals surface area (Å²) in [6.07, 6.45) is 0.785. The van der Waals surface area contributed by atoms with Crippen molar-refractivity contribution in [1.29, 1.82) is 0 Å². The van der Waals surface area contributed by atoms with Crippen LogP contribution in [0.15, 0.2) is 60.7 Å². The molecule has 4 nitrogen and oxygen atoms in total. The fraction of sp³-hybridized carbons (Fsp3) is 0.316. The van der Waals surface area contributed by atoms with Crippen LogP contribution in [0.4, 0.5) is 0 Å². The van der Waals surface area contributed by atoms with Crippen LogP contribution >= 0.6 is 0 Å². The number of rotatable bonds is 5. The Labute approximate surface area is 136 Å². The summed E-state index contributed by atoms with van der Waals surface area (Å²) in [6, 6.07) is 19.6.